The second-order valence-electron chi connectivity index (χ2n) is 6.73. The van der Waals surface area contributed by atoms with Crippen LogP contribution >= 0.6 is 0 Å². The van der Waals surface area contributed by atoms with Crippen LogP contribution in [0.2, 0.25) is 0 Å². The van der Waals surface area contributed by atoms with Crippen molar-refractivity contribution in [2.75, 3.05) is 19.7 Å². The topological polar surface area (TPSA) is 77.3 Å². The third-order valence-electron chi connectivity index (χ3n) is 4.58. The number of likely N-dealkylation sites (tertiary alicyclic amines) is 1. The summed E-state index contributed by atoms with van der Waals surface area (Å²) < 4.78 is 5.18. The van der Waals surface area contributed by atoms with Gasteiger partial charge in [-0.1, -0.05) is 17.7 Å². The molecule has 0 N–H and O–H groups in total. The number of benzene rings is 1. The minimum Gasteiger partial charge on any atom is -0.451 e. The lowest BCUT2D eigenvalue weighted by Crippen LogP contribution is -2.38. The van der Waals surface area contributed by atoms with Crippen LogP contribution < -0.4 is 0 Å². The fourth-order valence-corrected chi connectivity index (χ4v) is 3.14. The molecule has 1 fully saturated rings. The molecule has 0 bridgehead atoms. The van der Waals surface area contributed by atoms with Gasteiger partial charge in [0.15, 0.2) is 12.3 Å². The van der Waals surface area contributed by atoms with E-state index in [0.717, 1.165) is 49.2 Å². The summed E-state index contributed by atoms with van der Waals surface area (Å²) in [5, 5.41) is 8.59. The Balaban J connectivity index is 1.68. The summed E-state index contributed by atoms with van der Waals surface area (Å²) in [5.41, 5.74) is 3.57. The molecule has 7 heteroatoms. The zero-order valence-electron chi connectivity index (χ0n) is 15.5. The van der Waals surface area contributed by atoms with Gasteiger partial charge in [0.1, 0.15) is 0 Å². The highest BCUT2D eigenvalue weighted by molar-refractivity contribution is 5.90. The molecule has 0 radical (unpaired) electrons. The van der Waals surface area contributed by atoms with E-state index in [1.165, 1.54) is 4.80 Å². The Morgan fingerprint density at radius 3 is 2.50 bits per heavy atom. The van der Waals surface area contributed by atoms with Crippen molar-refractivity contribution in [3.8, 4) is 5.69 Å². The average molecular weight is 356 g/mol. The summed E-state index contributed by atoms with van der Waals surface area (Å²) in [6.07, 6.45) is 3.15. The fraction of sp³-hybridized carbons (Fsp3) is 0.474. The summed E-state index contributed by atoms with van der Waals surface area (Å²) in [6.45, 7) is 6.90. The smallest absolute Gasteiger partial charge is 0.361 e. The molecule has 1 aromatic heterocycles. The van der Waals surface area contributed by atoms with E-state index >= 15 is 0 Å². The molecule has 3 rings (SSSR count). The Morgan fingerprint density at radius 2 is 1.81 bits per heavy atom. The first-order valence-electron chi connectivity index (χ1n) is 8.92. The van der Waals surface area contributed by atoms with E-state index in [4.69, 9.17) is 4.74 Å². The Bertz CT molecular complexity index is 822. The number of carbonyl (C=O) groups is 2. The van der Waals surface area contributed by atoms with Crippen molar-refractivity contribution >= 4 is 11.9 Å². The predicted octanol–water partition coefficient (Wildman–Crippen LogP) is 2.36. The summed E-state index contributed by atoms with van der Waals surface area (Å²) in [4.78, 5) is 27.6. The molecule has 2 heterocycles. The zero-order chi connectivity index (χ0) is 18.7. The molecule has 2 aromatic rings. The number of esters is 1. The molecule has 0 unspecified atom stereocenters. The van der Waals surface area contributed by atoms with Gasteiger partial charge in [-0.15, -0.1) is 5.10 Å². The highest BCUT2D eigenvalue weighted by atomic mass is 16.5. The monoisotopic (exact) mass is 356 g/mol. The van der Waals surface area contributed by atoms with Crippen molar-refractivity contribution in [2.45, 2.75) is 40.0 Å². The van der Waals surface area contributed by atoms with Crippen LogP contribution in [0.15, 0.2) is 18.2 Å². The third kappa shape index (κ3) is 3.92. The highest BCUT2D eigenvalue weighted by Gasteiger charge is 2.22. The number of amides is 1. The van der Waals surface area contributed by atoms with Crippen LogP contribution in [0.1, 0.15) is 46.6 Å². The number of rotatable bonds is 4. The normalized spacial score (nSPS) is 14.3. The average Bonchev–Trinajstić information content (AvgIpc) is 3.01. The summed E-state index contributed by atoms with van der Waals surface area (Å²) in [5.74, 6) is -0.777. The van der Waals surface area contributed by atoms with Gasteiger partial charge in [-0.3, -0.25) is 4.79 Å². The van der Waals surface area contributed by atoms with Gasteiger partial charge in [-0.2, -0.15) is 9.90 Å². The van der Waals surface area contributed by atoms with E-state index in [2.05, 4.69) is 10.2 Å². The van der Waals surface area contributed by atoms with Gasteiger partial charge in [0.2, 0.25) is 0 Å². The molecule has 0 atom stereocenters. The number of piperidine rings is 1. The molecule has 138 valence electrons. The van der Waals surface area contributed by atoms with Gasteiger partial charge in [-0.05, 0) is 51.7 Å². The zero-order valence-corrected chi connectivity index (χ0v) is 15.5. The van der Waals surface area contributed by atoms with E-state index in [-0.39, 0.29) is 18.2 Å². The van der Waals surface area contributed by atoms with Crippen molar-refractivity contribution in [3.05, 3.63) is 40.7 Å². The van der Waals surface area contributed by atoms with Crippen molar-refractivity contribution in [3.63, 3.8) is 0 Å². The molecular formula is C19H24N4O3. The molecular weight excluding hydrogens is 332 g/mol. The highest BCUT2D eigenvalue weighted by Crippen LogP contribution is 2.16. The number of aryl methyl sites for hydroxylation is 3. The number of aromatic nitrogens is 3. The molecule has 0 spiro atoms. The molecule has 1 amide bonds. The lowest BCUT2D eigenvalue weighted by molar-refractivity contribution is -0.135. The molecule has 1 saturated heterocycles. The number of nitrogens with zero attached hydrogens (tertiary/aromatic N) is 4. The van der Waals surface area contributed by atoms with Crippen LogP contribution in [-0.2, 0) is 9.53 Å². The SMILES string of the molecule is Cc1ccc(-n2nc(C)c(C(=O)OCC(=O)N3CCCCC3)n2)c(C)c1. The molecule has 1 aliphatic rings. The third-order valence-corrected chi connectivity index (χ3v) is 4.58. The van der Waals surface area contributed by atoms with Crippen molar-refractivity contribution in [2.24, 2.45) is 0 Å². The molecule has 1 aromatic carbocycles. The maximum Gasteiger partial charge on any atom is 0.361 e. The number of hydrogen-bond donors (Lipinski definition) is 0. The molecule has 0 saturated carbocycles. The van der Waals surface area contributed by atoms with Crippen LogP contribution in [-0.4, -0.2) is 51.5 Å². The molecule has 1 aliphatic heterocycles. The standard InChI is InChI=1S/C19H24N4O3/c1-13-7-8-16(14(2)11-13)23-20-15(3)18(21-23)19(25)26-12-17(24)22-9-5-4-6-10-22/h7-8,11H,4-6,9-10,12H2,1-3H3. The first-order chi connectivity index (χ1) is 12.5. The second-order valence-corrected chi connectivity index (χ2v) is 6.73. The first-order valence-corrected chi connectivity index (χ1v) is 8.92. The lowest BCUT2D eigenvalue weighted by Gasteiger charge is -2.26. The van der Waals surface area contributed by atoms with E-state index in [1.54, 1.807) is 11.8 Å². The Hall–Kier alpha value is -2.70. The summed E-state index contributed by atoms with van der Waals surface area (Å²) in [7, 11) is 0. The van der Waals surface area contributed by atoms with Crippen LogP contribution in [0.3, 0.4) is 0 Å². The van der Waals surface area contributed by atoms with Crippen LogP contribution in [0.5, 0.6) is 0 Å². The van der Waals surface area contributed by atoms with E-state index in [1.807, 2.05) is 32.0 Å². The number of hydrogen-bond acceptors (Lipinski definition) is 5. The molecule has 0 aliphatic carbocycles. The van der Waals surface area contributed by atoms with Crippen molar-refractivity contribution in [1.29, 1.82) is 0 Å². The maximum absolute atomic E-state index is 12.3. The van der Waals surface area contributed by atoms with Crippen molar-refractivity contribution in [1.82, 2.24) is 19.9 Å². The van der Waals surface area contributed by atoms with E-state index in [9.17, 15) is 9.59 Å². The summed E-state index contributed by atoms with van der Waals surface area (Å²) in [6, 6.07) is 5.92. The molecule has 26 heavy (non-hydrogen) atoms. The van der Waals surface area contributed by atoms with Crippen molar-refractivity contribution < 1.29 is 14.3 Å². The van der Waals surface area contributed by atoms with Gasteiger partial charge >= 0.3 is 5.97 Å². The number of ether oxygens (including phenoxy) is 1. The predicted molar refractivity (Wildman–Crippen MR) is 96.3 cm³/mol. The van der Waals surface area contributed by atoms with Gasteiger partial charge in [-0.25, -0.2) is 4.79 Å². The minimum absolute atomic E-state index is 0.136. The van der Waals surface area contributed by atoms with Gasteiger partial charge in [0.25, 0.3) is 5.91 Å². The maximum atomic E-state index is 12.3. The molecule has 7 nitrogen and oxygen atoms in total. The largest absolute Gasteiger partial charge is 0.451 e. The second kappa shape index (κ2) is 7.68. The first kappa shape index (κ1) is 18.1. The lowest BCUT2D eigenvalue weighted by atomic mass is 10.1. The summed E-state index contributed by atoms with van der Waals surface area (Å²) >= 11 is 0. The van der Waals surface area contributed by atoms with Gasteiger partial charge < -0.3 is 9.64 Å². The van der Waals surface area contributed by atoms with Crippen LogP contribution in [0, 0.1) is 20.8 Å². The fourth-order valence-electron chi connectivity index (χ4n) is 3.14. The van der Waals surface area contributed by atoms with E-state index < -0.39 is 5.97 Å². The van der Waals surface area contributed by atoms with Crippen LogP contribution in [0.25, 0.3) is 5.69 Å². The quantitative estimate of drug-likeness (QED) is 0.786. The Morgan fingerprint density at radius 1 is 1.08 bits per heavy atom. The van der Waals surface area contributed by atoms with Crippen LogP contribution in [0.4, 0.5) is 0 Å². The number of carbonyl (C=O) groups excluding carboxylic acids is 2. The Kier molecular flexibility index (Phi) is 5.35. The van der Waals surface area contributed by atoms with E-state index in [0.29, 0.717) is 5.69 Å². The minimum atomic E-state index is -0.621. The van der Waals surface area contributed by atoms with Gasteiger partial charge in [0, 0.05) is 13.1 Å². The Labute approximate surface area is 152 Å². The van der Waals surface area contributed by atoms with Gasteiger partial charge in [0.05, 0.1) is 11.4 Å².